The Labute approximate surface area is 172 Å². The number of sulfonamides is 1. The van der Waals surface area contributed by atoms with Crippen LogP contribution in [-0.2, 0) is 27.9 Å². The Morgan fingerprint density at radius 2 is 1.87 bits per heavy atom. The summed E-state index contributed by atoms with van der Waals surface area (Å²) in [6.07, 6.45) is 0.932. The highest BCUT2D eigenvalue weighted by Gasteiger charge is 2.36. The standard InChI is InChI=1S/C20H19FN4O4S/c21-15-6-8-16(9-7-15)30(27,28)22-12-18-23-20(29-24-18)17-10-11-19(26)25(17)13-14-4-2-1-3-5-14/h1-9,17,22H,10-13H2/t17-/m0/s1. The van der Waals surface area contributed by atoms with Gasteiger partial charge in [0.1, 0.15) is 11.9 Å². The Morgan fingerprint density at radius 1 is 1.13 bits per heavy atom. The van der Waals surface area contributed by atoms with Gasteiger partial charge in [-0.2, -0.15) is 4.98 Å². The van der Waals surface area contributed by atoms with Crippen molar-refractivity contribution in [3.63, 3.8) is 0 Å². The molecule has 8 nitrogen and oxygen atoms in total. The lowest BCUT2D eigenvalue weighted by Gasteiger charge is -2.22. The molecule has 1 saturated heterocycles. The van der Waals surface area contributed by atoms with E-state index in [-0.39, 0.29) is 35.1 Å². The van der Waals surface area contributed by atoms with Crippen molar-refractivity contribution < 1.29 is 22.1 Å². The van der Waals surface area contributed by atoms with E-state index in [4.69, 9.17) is 4.52 Å². The maximum atomic E-state index is 13.0. The summed E-state index contributed by atoms with van der Waals surface area (Å²) < 4.78 is 45.3. The van der Waals surface area contributed by atoms with Crippen LogP contribution in [0.4, 0.5) is 4.39 Å². The largest absolute Gasteiger partial charge is 0.337 e. The Morgan fingerprint density at radius 3 is 2.60 bits per heavy atom. The van der Waals surface area contributed by atoms with Crippen LogP contribution in [0.25, 0.3) is 0 Å². The number of carbonyl (C=O) groups is 1. The first-order valence-corrected chi connectivity index (χ1v) is 10.8. The van der Waals surface area contributed by atoms with Crippen LogP contribution >= 0.6 is 0 Å². The number of likely N-dealkylation sites (tertiary alicyclic amines) is 1. The summed E-state index contributed by atoms with van der Waals surface area (Å²) in [5, 5.41) is 3.83. The van der Waals surface area contributed by atoms with Gasteiger partial charge in [0.25, 0.3) is 0 Å². The number of hydrogen-bond acceptors (Lipinski definition) is 6. The molecule has 1 N–H and O–H groups in total. The SMILES string of the molecule is O=C1CC[C@@H](c2nc(CNS(=O)(=O)c3ccc(F)cc3)no2)N1Cc1ccccc1. The smallest absolute Gasteiger partial charge is 0.249 e. The van der Waals surface area contributed by atoms with Crippen LogP contribution in [0, 0.1) is 5.82 Å². The maximum Gasteiger partial charge on any atom is 0.249 e. The molecule has 1 aromatic heterocycles. The molecule has 0 radical (unpaired) electrons. The summed E-state index contributed by atoms with van der Waals surface area (Å²) in [6, 6.07) is 13.7. The van der Waals surface area contributed by atoms with Gasteiger partial charge in [-0.3, -0.25) is 4.79 Å². The second kappa shape index (κ2) is 8.33. The average Bonchev–Trinajstić information content (AvgIpc) is 3.35. The third-order valence-corrected chi connectivity index (χ3v) is 6.25. The summed E-state index contributed by atoms with van der Waals surface area (Å²) >= 11 is 0. The van der Waals surface area contributed by atoms with Crippen LogP contribution in [0.5, 0.6) is 0 Å². The molecule has 10 heteroatoms. The molecule has 1 aliphatic heterocycles. The normalized spacial score (nSPS) is 16.9. The van der Waals surface area contributed by atoms with Gasteiger partial charge < -0.3 is 9.42 Å². The van der Waals surface area contributed by atoms with Crippen molar-refractivity contribution >= 4 is 15.9 Å². The van der Waals surface area contributed by atoms with Crippen molar-refractivity contribution in [2.24, 2.45) is 0 Å². The number of carbonyl (C=O) groups excluding carboxylic acids is 1. The second-order valence-corrected chi connectivity index (χ2v) is 8.66. The monoisotopic (exact) mass is 430 g/mol. The van der Waals surface area contributed by atoms with E-state index < -0.39 is 15.8 Å². The minimum atomic E-state index is -3.85. The van der Waals surface area contributed by atoms with Gasteiger partial charge in [-0.25, -0.2) is 17.5 Å². The number of benzene rings is 2. The molecule has 3 aromatic rings. The molecule has 0 unspecified atom stereocenters. The molecule has 30 heavy (non-hydrogen) atoms. The Hall–Kier alpha value is -3.11. The molecule has 0 saturated carbocycles. The maximum absolute atomic E-state index is 13.0. The minimum Gasteiger partial charge on any atom is -0.337 e. The van der Waals surface area contributed by atoms with Gasteiger partial charge in [-0.15, -0.1) is 0 Å². The molecule has 0 bridgehead atoms. The van der Waals surface area contributed by atoms with Gasteiger partial charge in [0.2, 0.25) is 21.8 Å². The molecule has 2 aromatic carbocycles. The van der Waals surface area contributed by atoms with Gasteiger partial charge in [0.05, 0.1) is 11.4 Å². The average molecular weight is 430 g/mol. The highest BCUT2D eigenvalue weighted by atomic mass is 32.2. The van der Waals surface area contributed by atoms with Gasteiger partial charge in [-0.1, -0.05) is 35.5 Å². The molecular weight excluding hydrogens is 411 g/mol. The number of halogens is 1. The fourth-order valence-electron chi connectivity index (χ4n) is 3.30. The lowest BCUT2D eigenvalue weighted by Crippen LogP contribution is -2.27. The first-order valence-electron chi connectivity index (χ1n) is 9.33. The van der Waals surface area contributed by atoms with Crippen LogP contribution in [0.15, 0.2) is 64.0 Å². The number of aromatic nitrogens is 2. The molecule has 0 spiro atoms. The molecule has 2 heterocycles. The van der Waals surface area contributed by atoms with E-state index in [2.05, 4.69) is 14.9 Å². The van der Waals surface area contributed by atoms with Crippen LogP contribution in [0.3, 0.4) is 0 Å². The highest BCUT2D eigenvalue weighted by Crippen LogP contribution is 2.33. The number of rotatable bonds is 7. The molecular formula is C20H19FN4O4S. The summed E-state index contributed by atoms with van der Waals surface area (Å²) in [5.41, 5.74) is 0.990. The van der Waals surface area contributed by atoms with E-state index >= 15 is 0 Å². The van der Waals surface area contributed by atoms with E-state index in [9.17, 15) is 17.6 Å². The molecule has 156 valence electrons. The van der Waals surface area contributed by atoms with Crippen LogP contribution in [0.1, 0.15) is 36.2 Å². The van der Waals surface area contributed by atoms with Gasteiger partial charge in [0.15, 0.2) is 5.82 Å². The summed E-state index contributed by atoms with van der Waals surface area (Å²) in [6.45, 7) is 0.238. The number of nitrogens with one attached hydrogen (secondary N) is 1. The first kappa shape index (κ1) is 20.2. The fraction of sp³-hybridized carbons (Fsp3) is 0.250. The van der Waals surface area contributed by atoms with E-state index in [0.29, 0.717) is 19.4 Å². The topological polar surface area (TPSA) is 105 Å². The van der Waals surface area contributed by atoms with E-state index in [0.717, 1.165) is 17.7 Å². The van der Waals surface area contributed by atoms with Crippen LogP contribution in [-0.4, -0.2) is 29.4 Å². The van der Waals surface area contributed by atoms with Crippen molar-refractivity contribution in [2.75, 3.05) is 0 Å². The minimum absolute atomic E-state index is 0.000570. The van der Waals surface area contributed by atoms with Crippen molar-refractivity contribution in [3.05, 3.63) is 77.7 Å². The zero-order valence-corrected chi connectivity index (χ0v) is 16.7. The van der Waals surface area contributed by atoms with E-state index in [1.807, 2.05) is 30.3 Å². The van der Waals surface area contributed by atoms with Gasteiger partial charge in [-0.05, 0) is 36.2 Å². The summed E-state index contributed by atoms with van der Waals surface area (Å²) in [4.78, 5) is 18.2. The predicted octanol–water partition coefficient (Wildman–Crippen LogP) is 2.55. The number of hydrogen-bond donors (Lipinski definition) is 1. The van der Waals surface area contributed by atoms with Crippen molar-refractivity contribution in [1.82, 2.24) is 19.8 Å². The zero-order chi connectivity index (χ0) is 21.1. The Bertz CT molecular complexity index is 1130. The van der Waals surface area contributed by atoms with Crippen molar-refractivity contribution in [2.45, 2.75) is 36.9 Å². The Kier molecular flexibility index (Phi) is 5.60. The van der Waals surface area contributed by atoms with E-state index in [1.165, 1.54) is 12.1 Å². The summed E-state index contributed by atoms with van der Waals surface area (Å²) in [7, 11) is -3.85. The van der Waals surface area contributed by atoms with Gasteiger partial charge >= 0.3 is 0 Å². The third kappa shape index (κ3) is 4.39. The lowest BCUT2D eigenvalue weighted by atomic mass is 10.2. The predicted molar refractivity (Wildman–Crippen MR) is 104 cm³/mol. The Balaban J connectivity index is 1.44. The van der Waals surface area contributed by atoms with Crippen molar-refractivity contribution in [1.29, 1.82) is 0 Å². The molecule has 1 amide bonds. The first-order chi connectivity index (χ1) is 14.4. The highest BCUT2D eigenvalue weighted by molar-refractivity contribution is 7.89. The number of nitrogens with zero attached hydrogens (tertiary/aromatic N) is 3. The van der Waals surface area contributed by atoms with Crippen molar-refractivity contribution in [3.8, 4) is 0 Å². The quantitative estimate of drug-likeness (QED) is 0.618. The molecule has 0 aliphatic carbocycles. The third-order valence-electron chi connectivity index (χ3n) is 4.84. The number of amides is 1. The fourth-order valence-corrected chi connectivity index (χ4v) is 4.28. The van der Waals surface area contributed by atoms with Gasteiger partial charge in [0, 0.05) is 13.0 Å². The second-order valence-electron chi connectivity index (χ2n) is 6.89. The molecule has 1 fully saturated rings. The van der Waals surface area contributed by atoms with Crippen LogP contribution in [0.2, 0.25) is 0 Å². The molecule has 1 atom stereocenters. The van der Waals surface area contributed by atoms with E-state index in [1.54, 1.807) is 4.90 Å². The molecule has 1 aliphatic rings. The van der Waals surface area contributed by atoms with Crippen LogP contribution < -0.4 is 4.72 Å². The molecule has 4 rings (SSSR count). The lowest BCUT2D eigenvalue weighted by molar-refractivity contribution is -0.130. The zero-order valence-electron chi connectivity index (χ0n) is 15.9. The summed E-state index contributed by atoms with van der Waals surface area (Å²) in [5.74, 6) is -0.106.